The van der Waals surface area contributed by atoms with Crippen LogP contribution < -0.4 is 16.0 Å². The van der Waals surface area contributed by atoms with Crippen LogP contribution in [0.15, 0.2) is 18.2 Å². The van der Waals surface area contributed by atoms with Gasteiger partial charge in [0.05, 0.1) is 0 Å². The Labute approximate surface area is 118 Å². The summed E-state index contributed by atoms with van der Waals surface area (Å²) in [4.78, 5) is 23.1. The minimum absolute atomic E-state index is 0. The fraction of sp³-hybridized carbons (Fsp3) is 0.385. The lowest BCUT2D eigenvalue weighted by Crippen LogP contribution is -2.30. The molecule has 1 aromatic carbocycles. The molecule has 0 aromatic heterocycles. The fourth-order valence-corrected chi connectivity index (χ4v) is 1.93. The second kappa shape index (κ2) is 7.11. The maximum atomic E-state index is 11.8. The molecule has 0 radical (unpaired) electrons. The van der Waals surface area contributed by atoms with Gasteiger partial charge >= 0.3 is 0 Å². The number of likely N-dealkylation sites (N-methyl/N-ethyl adjacent to an activating group) is 1. The van der Waals surface area contributed by atoms with Gasteiger partial charge in [-0.25, -0.2) is 0 Å². The van der Waals surface area contributed by atoms with Crippen LogP contribution in [0.1, 0.15) is 22.3 Å². The molecule has 0 spiro atoms. The molecule has 0 saturated heterocycles. The number of fused-ring (bicyclic) bond motifs is 1. The maximum absolute atomic E-state index is 11.8. The molecule has 19 heavy (non-hydrogen) atoms. The van der Waals surface area contributed by atoms with Crippen LogP contribution in [0.4, 0.5) is 5.69 Å². The summed E-state index contributed by atoms with van der Waals surface area (Å²) in [5.41, 5.74) is 2.48. The van der Waals surface area contributed by atoms with Crippen molar-refractivity contribution in [2.45, 2.75) is 12.8 Å². The first-order valence-corrected chi connectivity index (χ1v) is 6.06. The minimum atomic E-state index is -0.0787. The maximum Gasteiger partial charge on any atom is 0.251 e. The van der Waals surface area contributed by atoms with Crippen molar-refractivity contribution in [3.05, 3.63) is 29.3 Å². The average Bonchev–Trinajstić information content (AvgIpc) is 2.38. The summed E-state index contributed by atoms with van der Waals surface area (Å²) >= 11 is 0. The van der Waals surface area contributed by atoms with Crippen molar-refractivity contribution in [3.8, 4) is 0 Å². The number of benzene rings is 1. The lowest BCUT2D eigenvalue weighted by Gasteiger charge is -2.17. The number of halogens is 1. The third-order valence-electron chi connectivity index (χ3n) is 2.92. The van der Waals surface area contributed by atoms with E-state index in [0.29, 0.717) is 24.9 Å². The first kappa shape index (κ1) is 15.5. The van der Waals surface area contributed by atoms with E-state index in [-0.39, 0.29) is 24.2 Å². The lowest BCUT2D eigenvalue weighted by atomic mass is 10.00. The Balaban J connectivity index is 0.00000180. The monoisotopic (exact) mass is 283 g/mol. The van der Waals surface area contributed by atoms with E-state index < -0.39 is 0 Å². The van der Waals surface area contributed by atoms with Gasteiger partial charge in [0.25, 0.3) is 5.91 Å². The number of carbonyl (C=O) groups excluding carboxylic acids is 2. The molecule has 6 heteroatoms. The van der Waals surface area contributed by atoms with Gasteiger partial charge in [-0.05, 0) is 37.2 Å². The van der Waals surface area contributed by atoms with E-state index in [9.17, 15) is 9.59 Å². The summed E-state index contributed by atoms with van der Waals surface area (Å²) in [5, 5.41) is 8.59. The van der Waals surface area contributed by atoms with Crippen LogP contribution in [0, 0.1) is 0 Å². The Bertz CT molecular complexity index is 477. The molecule has 5 nitrogen and oxygen atoms in total. The van der Waals surface area contributed by atoms with Crippen LogP contribution in [0.25, 0.3) is 0 Å². The Hall–Kier alpha value is -1.59. The molecule has 0 saturated carbocycles. The molecule has 104 valence electrons. The smallest absolute Gasteiger partial charge is 0.251 e. The Morgan fingerprint density at radius 2 is 2.11 bits per heavy atom. The molecule has 3 N–H and O–H groups in total. The Kier molecular flexibility index (Phi) is 5.79. The minimum Gasteiger partial charge on any atom is -0.351 e. The highest BCUT2D eigenvalue weighted by molar-refractivity contribution is 5.97. The van der Waals surface area contributed by atoms with Gasteiger partial charge in [0.1, 0.15) is 0 Å². The van der Waals surface area contributed by atoms with E-state index in [4.69, 9.17) is 0 Å². The summed E-state index contributed by atoms with van der Waals surface area (Å²) in [6, 6.07) is 5.38. The van der Waals surface area contributed by atoms with E-state index in [1.165, 1.54) is 0 Å². The topological polar surface area (TPSA) is 70.2 Å². The van der Waals surface area contributed by atoms with Crippen molar-refractivity contribution in [2.75, 3.05) is 25.5 Å². The third-order valence-corrected chi connectivity index (χ3v) is 2.92. The lowest BCUT2D eigenvalue weighted by molar-refractivity contribution is -0.116. The van der Waals surface area contributed by atoms with Gasteiger partial charge in [0.2, 0.25) is 5.91 Å². The van der Waals surface area contributed by atoms with Gasteiger partial charge < -0.3 is 16.0 Å². The van der Waals surface area contributed by atoms with Gasteiger partial charge in [-0.2, -0.15) is 0 Å². The van der Waals surface area contributed by atoms with Crippen LogP contribution in [0.5, 0.6) is 0 Å². The molecule has 0 unspecified atom stereocenters. The molecule has 1 heterocycles. The van der Waals surface area contributed by atoms with Gasteiger partial charge in [-0.3, -0.25) is 9.59 Å². The molecular formula is C13H18ClN3O2. The van der Waals surface area contributed by atoms with Crippen molar-refractivity contribution >= 4 is 29.9 Å². The predicted molar refractivity (Wildman–Crippen MR) is 76.9 cm³/mol. The molecule has 1 aromatic rings. The number of rotatable bonds is 4. The highest BCUT2D eigenvalue weighted by Gasteiger charge is 2.16. The molecule has 1 aliphatic heterocycles. The summed E-state index contributed by atoms with van der Waals surface area (Å²) in [7, 11) is 1.84. The van der Waals surface area contributed by atoms with Gasteiger partial charge in [-0.1, -0.05) is 0 Å². The first-order valence-electron chi connectivity index (χ1n) is 6.06. The van der Waals surface area contributed by atoms with Crippen LogP contribution in [0.2, 0.25) is 0 Å². The van der Waals surface area contributed by atoms with E-state index in [2.05, 4.69) is 16.0 Å². The zero-order valence-corrected chi connectivity index (χ0v) is 11.6. The SMILES string of the molecule is CNCCNC(=O)c1ccc2c(c1)CCC(=O)N2.Cl. The predicted octanol–water partition coefficient (Wildman–Crippen LogP) is 0.942. The highest BCUT2D eigenvalue weighted by atomic mass is 35.5. The average molecular weight is 284 g/mol. The second-order valence-electron chi connectivity index (χ2n) is 4.28. The summed E-state index contributed by atoms with van der Waals surface area (Å²) < 4.78 is 0. The number of anilines is 1. The highest BCUT2D eigenvalue weighted by Crippen LogP contribution is 2.23. The quantitative estimate of drug-likeness (QED) is 0.721. The molecule has 1 aliphatic rings. The van der Waals surface area contributed by atoms with Crippen LogP contribution >= 0.6 is 12.4 Å². The van der Waals surface area contributed by atoms with E-state index in [1.807, 2.05) is 13.1 Å². The molecule has 0 aliphatic carbocycles. The Morgan fingerprint density at radius 1 is 1.32 bits per heavy atom. The van der Waals surface area contributed by atoms with E-state index >= 15 is 0 Å². The number of hydrogen-bond donors (Lipinski definition) is 3. The van der Waals surface area contributed by atoms with Crippen LogP contribution in [0.3, 0.4) is 0 Å². The number of carbonyl (C=O) groups is 2. The molecule has 0 fully saturated rings. The summed E-state index contributed by atoms with van der Waals surface area (Å²) in [5.74, 6) is -0.0429. The molecular weight excluding hydrogens is 266 g/mol. The largest absolute Gasteiger partial charge is 0.351 e. The number of nitrogens with one attached hydrogen (secondary N) is 3. The van der Waals surface area contributed by atoms with Crippen molar-refractivity contribution in [2.24, 2.45) is 0 Å². The standard InChI is InChI=1S/C13H17N3O2.ClH/c1-14-6-7-15-13(18)10-2-4-11-9(8-10)3-5-12(17)16-11;/h2,4,8,14H,3,5-7H2,1H3,(H,15,18)(H,16,17);1H. The first-order chi connectivity index (χ1) is 8.70. The van der Waals surface area contributed by atoms with E-state index in [1.54, 1.807) is 12.1 Å². The Morgan fingerprint density at radius 3 is 2.84 bits per heavy atom. The fourth-order valence-electron chi connectivity index (χ4n) is 1.93. The van der Waals surface area contributed by atoms with Crippen molar-refractivity contribution in [1.82, 2.24) is 10.6 Å². The van der Waals surface area contributed by atoms with Crippen molar-refractivity contribution in [3.63, 3.8) is 0 Å². The number of hydrogen-bond acceptors (Lipinski definition) is 3. The second-order valence-corrected chi connectivity index (χ2v) is 4.28. The van der Waals surface area contributed by atoms with Crippen molar-refractivity contribution in [1.29, 1.82) is 0 Å². The summed E-state index contributed by atoms with van der Waals surface area (Å²) in [6.45, 7) is 1.34. The normalized spacial score (nSPS) is 13.0. The molecule has 0 bridgehead atoms. The van der Waals surface area contributed by atoms with Crippen LogP contribution in [-0.4, -0.2) is 32.0 Å². The molecule has 0 atom stereocenters. The number of aryl methyl sites for hydroxylation is 1. The third kappa shape index (κ3) is 3.94. The van der Waals surface area contributed by atoms with Gasteiger partial charge in [0, 0.05) is 30.8 Å². The molecule has 2 amide bonds. The van der Waals surface area contributed by atoms with E-state index in [0.717, 1.165) is 17.8 Å². The van der Waals surface area contributed by atoms with Crippen molar-refractivity contribution < 1.29 is 9.59 Å². The zero-order chi connectivity index (χ0) is 13.0. The van der Waals surface area contributed by atoms with Gasteiger partial charge in [-0.15, -0.1) is 12.4 Å². The number of amides is 2. The zero-order valence-electron chi connectivity index (χ0n) is 10.8. The van der Waals surface area contributed by atoms with Gasteiger partial charge in [0.15, 0.2) is 0 Å². The van der Waals surface area contributed by atoms with Crippen LogP contribution in [-0.2, 0) is 11.2 Å². The summed E-state index contributed by atoms with van der Waals surface area (Å²) in [6.07, 6.45) is 1.18. The molecule has 2 rings (SSSR count).